The lowest BCUT2D eigenvalue weighted by Gasteiger charge is -2.35. The Bertz CT molecular complexity index is 1660. The standard InChI is InChI=1S/C37H41N5O4/c43-22-42-21-27-17-26(16-15-25(27)18-34(42)37(46)41-32-14-6-10-24-8-2-4-12-30(24)32)35(44)39-28-19-33(38-20-28)36(45)40-31-13-5-9-23-7-1-3-11-29(23)31/h1-4,7-8,11-12,15-17,22,28,31-34,38H,5-6,9-10,13-14,18-21H2,(H,39,44)(H,40,45)(H,41,46)/t28?,31-,32?,33+,34+/m1/s1. The summed E-state index contributed by atoms with van der Waals surface area (Å²) in [7, 11) is 0. The molecule has 0 radical (unpaired) electrons. The number of carbonyl (C=O) groups is 4. The average Bonchev–Trinajstić information content (AvgIpc) is 3.56. The molecule has 238 valence electrons. The van der Waals surface area contributed by atoms with E-state index in [1.165, 1.54) is 21.6 Å². The minimum atomic E-state index is -0.603. The molecule has 0 spiro atoms. The second-order valence-corrected chi connectivity index (χ2v) is 13.2. The molecule has 0 saturated carbocycles. The summed E-state index contributed by atoms with van der Waals surface area (Å²) in [4.78, 5) is 53.5. The number of hydrogen-bond acceptors (Lipinski definition) is 5. The highest BCUT2D eigenvalue weighted by molar-refractivity contribution is 5.95. The summed E-state index contributed by atoms with van der Waals surface area (Å²) >= 11 is 0. The van der Waals surface area contributed by atoms with Gasteiger partial charge in [0.1, 0.15) is 6.04 Å². The van der Waals surface area contributed by atoms with Crippen LogP contribution in [0.15, 0.2) is 66.7 Å². The van der Waals surface area contributed by atoms with Gasteiger partial charge in [-0.15, -0.1) is 0 Å². The molecule has 2 heterocycles. The highest BCUT2D eigenvalue weighted by atomic mass is 16.2. The van der Waals surface area contributed by atoms with E-state index in [4.69, 9.17) is 0 Å². The molecule has 9 heteroatoms. The van der Waals surface area contributed by atoms with Gasteiger partial charge in [0.25, 0.3) is 5.91 Å². The molecule has 1 saturated heterocycles. The summed E-state index contributed by atoms with van der Waals surface area (Å²) in [5.74, 6) is -0.404. The maximum Gasteiger partial charge on any atom is 0.251 e. The van der Waals surface area contributed by atoms with Gasteiger partial charge in [-0.1, -0.05) is 54.6 Å². The van der Waals surface area contributed by atoms with Crippen molar-refractivity contribution in [3.8, 4) is 0 Å². The quantitative estimate of drug-likeness (QED) is 0.302. The van der Waals surface area contributed by atoms with Gasteiger partial charge in [-0.2, -0.15) is 0 Å². The summed E-state index contributed by atoms with van der Waals surface area (Å²) in [6, 6.07) is 20.8. The molecule has 46 heavy (non-hydrogen) atoms. The molecule has 7 rings (SSSR count). The SMILES string of the molecule is O=CN1Cc2cc(C(=O)NC3CN[C@H](C(=O)N[C@@H]4CCCc5ccccc54)C3)ccc2C[C@H]1C(=O)NC1CCCc2ccccc21. The molecule has 9 nitrogen and oxygen atoms in total. The maximum atomic E-state index is 13.5. The number of rotatable bonds is 7. The van der Waals surface area contributed by atoms with Gasteiger partial charge in [-0.3, -0.25) is 19.2 Å². The van der Waals surface area contributed by atoms with Gasteiger partial charge in [-0.25, -0.2) is 0 Å². The maximum absolute atomic E-state index is 13.5. The first-order valence-electron chi connectivity index (χ1n) is 16.6. The zero-order valence-electron chi connectivity index (χ0n) is 26.0. The van der Waals surface area contributed by atoms with E-state index in [-0.39, 0.29) is 48.4 Å². The number of nitrogens with zero attached hydrogens (tertiary/aromatic N) is 1. The van der Waals surface area contributed by atoms with E-state index in [9.17, 15) is 19.2 Å². The summed E-state index contributed by atoms with van der Waals surface area (Å²) in [5.41, 5.74) is 7.25. The second-order valence-electron chi connectivity index (χ2n) is 13.2. The van der Waals surface area contributed by atoms with Crippen LogP contribution in [-0.2, 0) is 40.2 Å². The predicted octanol–water partition coefficient (Wildman–Crippen LogP) is 3.42. The van der Waals surface area contributed by atoms with Gasteiger partial charge < -0.3 is 26.2 Å². The van der Waals surface area contributed by atoms with E-state index in [1.54, 1.807) is 6.07 Å². The topological polar surface area (TPSA) is 120 Å². The Hall–Kier alpha value is -4.50. The van der Waals surface area contributed by atoms with Crippen molar-refractivity contribution in [1.82, 2.24) is 26.2 Å². The van der Waals surface area contributed by atoms with Crippen LogP contribution in [0.25, 0.3) is 0 Å². The predicted molar refractivity (Wildman–Crippen MR) is 174 cm³/mol. The first-order valence-corrected chi connectivity index (χ1v) is 16.6. The molecular weight excluding hydrogens is 578 g/mol. The summed E-state index contributed by atoms with van der Waals surface area (Å²) < 4.78 is 0. The smallest absolute Gasteiger partial charge is 0.251 e. The molecule has 0 bridgehead atoms. The van der Waals surface area contributed by atoms with Crippen molar-refractivity contribution in [2.75, 3.05) is 6.54 Å². The molecule has 1 fully saturated rings. The molecule has 3 aromatic carbocycles. The van der Waals surface area contributed by atoms with Crippen LogP contribution < -0.4 is 21.3 Å². The summed E-state index contributed by atoms with van der Waals surface area (Å²) in [6.07, 6.45) is 7.56. The van der Waals surface area contributed by atoms with Gasteiger partial charge in [0, 0.05) is 31.1 Å². The fourth-order valence-electron chi connectivity index (χ4n) is 7.76. The molecule has 0 aromatic heterocycles. The van der Waals surface area contributed by atoms with Crippen LogP contribution in [0, 0.1) is 0 Å². The molecule has 4 N–H and O–H groups in total. The van der Waals surface area contributed by atoms with Crippen LogP contribution >= 0.6 is 0 Å². The highest BCUT2D eigenvalue weighted by Crippen LogP contribution is 2.32. The lowest BCUT2D eigenvalue weighted by Crippen LogP contribution is -2.50. The van der Waals surface area contributed by atoms with Crippen molar-refractivity contribution in [3.63, 3.8) is 0 Å². The molecule has 2 unspecified atom stereocenters. The van der Waals surface area contributed by atoms with E-state index in [0.29, 0.717) is 24.9 Å². The number of fused-ring (bicyclic) bond motifs is 3. The van der Waals surface area contributed by atoms with Crippen molar-refractivity contribution in [1.29, 1.82) is 0 Å². The number of carbonyl (C=O) groups excluding carboxylic acids is 4. The van der Waals surface area contributed by atoms with Crippen molar-refractivity contribution in [2.24, 2.45) is 0 Å². The normalized spacial score (nSPS) is 25.0. The summed E-state index contributed by atoms with van der Waals surface area (Å²) in [5, 5.41) is 12.8. The highest BCUT2D eigenvalue weighted by Gasteiger charge is 2.35. The Kier molecular flexibility index (Phi) is 8.58. The molecular formula is C37H41N5O4. The zero-order chi connectivity index (χ0) is 31.6. The first-order chi connectivity index (χ1) is 22.5. The fraction of sp³-hybridized carbons (Fsp3) is 0.405. The second kappa shape index (κ2) is 13.1. The minimum Gasteiger partial charge on any atom is -0.348 e. The fourth-order valence-corrected chi connectivity index (χ4v) is 7.76. The molecule has 4 amide bonds. The molecule has 3 aromatic rings. The van der Waals surface area contributed by atoms with Crippen molar-refractivity contribution in [2.45, 2.75) is 88.1 Å². The average molecular weight is 620 g/mol. The third-order valence-electron chi connectivity index (χ3n) is 10.2. The molecule has 4 aliphatic rings. The van der Waals surface area contributed by atoms with E-state index in [2.05, 4.69) is 45.5 Å². The Balaban J connectivity index is 0.952. The third kappa shape index (κ3) is 6.16. The van der Waals surface area contributed by atoms with E-state index >= 15 is 0 Å². The van der Waals surface area contributed by atoms with Gasteiger partial charge in [0.15, 0.2) is 0 Å². The van der Waals surface area contributed by atoms with E-state index in [0.717, 1.165) is 61.6 Å². The Morgan fingerprint density at radius 3 is 2.09 bits per heavy atom. The Labute approximate surface area is 269 Å². The van der Waals surface area contributed by atoms with Crippen LogP contribution in [-0.4, -0.2) is 53.7 Å². The van der Waals surface area contributed by atoms with E-state index in [1.807, 2.05) is 36.4 Å². The van der Waals surface area contributed by atoms with Gasteiger partial charge >= 0.3 is 0 Å². The summed E-state index contributed by atoms with van der Waals surface area (Å²) in [6.45, 7) is 0.772. The monoisotopic (exact) mass is 619 g/mol. The van der Waals surface area contributed by atoms with Crippen LogP contribution in [0.5, 0.6) is 0 Å². The third-order valence-corrected chi connectivity index (χ3v) is 10.2. The number of hydrogen-bond donors (Lipinski definition) is 4. The number of nitrogens with one attached hydrogen (secondary N) is 4. The Morgan fingerprint density at radius 2 is 1.41 bits per heavy atom. The number of aryl methyl sites for hydroxylation is 2. The molecule has 2 aliphatic heterocycles. The van der Waals surface area contributed by atoms with E-state index < -0.39 is 6.04 Å². The zero-order valence-corrected chi connectivity index (χ0v) is 26.0. The number of amides is 4. The van der Waals surface area contributed by atoms with Crippen LogP contribution in [0.1, 0.15) is 87.9 Å². The largest absolute Gasteiger partial charge is 0.348 e. The van der Waals surface area contributed by atoms with Crippen molar-refractivity contribution in [3.05, 3.63) is 106 Å². The van der Waals surface area contributed by atoms with Crippen molar-refractivity contribution < 1.29 is 19.2 Å². The number of benzene rings is 3. The molecule has 5 atom stereocenters. The van der Waals surface area contributed by atoms with Gasteiger partial charge in [0.05, 0.1) is 18.1 Å². The van der Waals surface area contributed by atoms with Crippen LogP contribution in [0.2, 0.25) is 0 Å². The lowest BCUT2D eigenvalue weighted by atomic mass is 9.87. The van der Waals surface area contributed by atoms with Crippen LogP contribution in [0.4, 0.5) is 0 Å². The lowest BCUT2D eigenvalue weighted by molar-refractivity contribution is -0.134. The Morgan fingerprint density at radius 1 is 0.761 bits per heavy atom. The van der Waals surface area contributed by atoms with Gasteiger partial charge in [-0.05, 0) is 90.5 Å². The first kappa shape index (κ1) is 30.2. The minimum absolute atomic E-state index is 0.0176. The van der Waals surface area contributed by atoms with Gasteiger partial charge in [0.2, 0.25) is 18.2 Å². The van der Waals surface area contributed by atoms with Crippen molar-refractivity contribution >= 4 is 24.1 Å². The van der Waals surface area contributed by atoms with Crippen LogP contribution in [0.3, 0.4) is 0 Å². The molecule has 2 aliphatic carbocycles.